The third kappa shape index (κ3) is 3.79. The third-order valence-electron chi connectivity index (χ3n) is 4.05. The van der Waals surface area contributed by atoms with E-state index in [0.717, 1.165) is 11.4 Å². The fourth-order valence-electron chi connectivity index (χ4n) is 2.70. The van der Waals surface area contributed by atoms with E-state index in [1.54, 1.807) is 27.9 Å². The van der Waals surface area contributed by atoms with Gasteiger partial charge in [-0.15, -0.1) is 16.4 Å². The van der Waals surface area contributed by atoms with Crippen LogP contribution in [0.1, 0.15) is 15.4 Å². The maximum absolute atomic E-state index is 12.0. The number of rotatable bonds is 5. The number of nitrogens with zero attached hydrogens (tertiary/aromatic N) is 4. The number of benzene rings is 1. The van der Waals surface area contributed by atoms with Crippen LogP contribution in [0.5, 0.6) is 0 Å². The van der Waals surface area contributed by atoms with Gasteiger partial charge in [0.05, 0.1) is 27.6 Å². The van der Waals surface area contributed by atoms with E-state index in [-0.39, 0.29) is 18.5 Å². The second-order valence-electron chi connectivity index (χ2n) is 5.84. The number of hydrogen-bond donors (Lipinski definition) is 2. The molecule has 2 aromatic heterocycles. The second kappa shape index (κ2) is 7.37. The monoisotopic (exact) mass is 402 g/mol. The maximum Gasteiger partial charge on any atom is 0.321 e. The minimum absolute atomic E-state index is 0.0893. The molecule has 10 heteroatoms. The van der Waals surface area contributed by atoms with Crippen molar-refractivity contribution in [2.45, 2.75) is 6.54 Å². The first-order valence-electron chi connectivity index (χ1n) is 8.21. The second-order valence-corrected chi connectivity index (χ2v) is 7.56. The maximum atomic E-state index is 12.0. The Hall–Kier alpha value is -2.91. The molecule has 2 N–H and O–H groups in total. The van der Waals surface area contributed by atoms with Gasteiger partial charge < -0.3 is 10.6 Å². The van der Waals surface area contributed by atoms with Crippen LogP contribution in [0, 0.1) is 0 Å². The Bertz CT molecular complexity index is 983. The highest BCUT2D eigenvalue weighted by atomic mass is 35.5. The van der Waals surface area contributed by atoms with Crippen LogP contribution in [-0.2, 0) is 6.54 Å². The number of amides is 3. The van der Waals surface area contributed by atoms with Crippen molar-refractivity contribution >= 4 is 40.6 Å². The van der Waals surface area contributed by atoms with Crippen LogP contribution in [-0.4, -0.2) is 40.0 Å². The molecule has 0 atom stereocenters. The normalized spacial score (nSPS) is 13.7. The summed E-state index contributed by atoms with van der Waals surface area (Å²) in [5.41, 5.74) is 2.28. The van der Waals surface area contributed by atoms with Crippen molar-refractivity contribution in [3.8, 4) is 5.69 Å². The van der Waals surface area contributed by atoms with Crippen molar-refractivity contribution in [3.05, 3.63) is 57.5 Å². The van der Waals surface area contributed by atoms with Gasteiger partial charge in [-0.2, -0.15) is 0 Å². The van der Waals surface area contributed by atoms with Crippen molar-refractivity contribution in [2.24, 2.45) is 0 Å². The Morgan fingerprint density at radius 3 is 2.67 bits per heavy atom. The van der Waals surface area contributed by atoms with Crippen molar-refractivity contribution in [1.29, 1.82) is 0 Å². The van der Waals surface area contributed by atoms with Crippen LogP contribution in [0.4, 0.5) is 10.5 Å². The zero-order valence-corrected chi connectivity index (χ0v) is 15.6. The molecule has 0 saturated carbocycles. The number of anilines is 1. The van der Waals surface area contributed by atoms with Gasteiger partial charge in [0.15, 0.2) is 0 Å². The number of urea groups is 1. The Morgan fingerprint density at radius 1 is 1.22 bits per heavy atom. The Balaban J connectivity index is 1.40. The number of carbonyl (C=O) groups is 2. The molecule has 1 saturated heterocycles. The highest BCUT2D eigenvalue weighted by Gasteiger charge is 2.20. The largest absolute Gasteiger partial charge is 0.346 e. The molecule has 0 bridgehead atoms. The van der Waals surface area contributed by atoms with E-state index in [0.29, 0.717) is 28.0 Å². The average Bonchev–Trinajstić information content (AvgIpc) is 3.41. The molecule has 1 fully saturated rings. The van der Waals surface area contributed by atoms with E-state index in [1.807, 2.05) is 24.3 Å². The van der Waals surface area contributed by atoms with Crippen molar-refractivity contribution in [3.63, 3.8) is 0 Å². The number of hydrogen-bond acceptors (Lipinski definition) is 5. The molecule has 0 radical (unpaired) electrons. The lowest BCUT2D eigenvalue weighted by atomic mass is 10.2. The summed E-state index contributed by atoms with van der Waals surface area (Å²) >= 11 is 7.07. The van der Waals surface area contributed by atoms with Crippen molar-refractivity contribution in [2.75, 3.05) is 18.0 Å². The minimum Gasteiger partial charge on any atom is -0.346 e. The molecular formula is C17H15ClN6O2S. The number of aromatic nitrogens is 3. The highest BCUT2D eigenvalue weighted by molar-refractivity contribution is 7.17. The van der Waals surface area contributed by atoms with Gasteiger partial charge in [-0.05, 0) is 36.4 Å². The van der Waals surface area contributed by atoms with Crippen LogP contribution in [0.15, 0.2) is 42.6 Å². The van der Waals surface area contributed by atoms with Crippen molar-refractivity contribution in [1.82, 2.24) is 25.6 Å². The average molecular weight is 403 g/mol. The standard InChI is InChI=1S/C17H15ClN6O2S/c18-15-6-5-14(27-15)16(25)20-9-11-10-24(22-21-11)13-3-1-12(2-4-13)23-8-7-19-17(23)26/h1-6,10H,7-9H2,(H,19,26)(H,20,25). The minimum atomic E-state index is -0.199. The number of thiophene rings is 1. The topological polar surface area (TPSA) is 92.2 Å². The Labute approximate surface area is 163 Å². The predicted molar refractivity (Wildman–Crippen MR) is 103 cm³/mol. The molecule has 0 spiro atoms. The van der Waals surface area contributed by atoms with Gasteiger partial charge in [0, 0.05) is 18.8 Å². The van der Waals surface area contributed by atoms with E-state index in [1.165, 1.54) is 11.3 Å². The van der Waals surface area contributed by atoms with E-state index < -0.39 is 0 Å². The molecule has 0 unspecified atom stereocenters. The van der Waals surface area contributed by atoms with Crippen LogP contribution < -0.4 is 15.5 Å². The third-order valence-corrected chi connectivity index (χ3v) is 5.28. The number of carbonyl (C=O) groups excluding carboxylic acids is 2. The van der Waals surface area contributed by atoms with Crippen LogP contribution in [0.25, 0.3) is 5.69 Å². The van der Waals surface area contributed by atoms with Crippen LogP contribution >= 0.6 is 22.9 Å². The summed E-state index contributed by atoms with van der Waals surface area (Å²) in [5.74, 6) is -0.199. The lowest BCUT2D eigenvalue weighted by Crippen LogP contribution is -2.27. The van der Waals surface area contributed by atoms with E-state index in [9.17, 15) is 9.59 Å². The van der Waals surface area contributed by atoms with Crippen LogP contribution in [0.3, 0.4) is 0 Å². The van der Waals surface area contributed by atoms with Crippen molar-refractivity contribution < 1.29 is 9.59 Å². The molecule has 138 valence electrons. The molecule has 1 aliphatic rings. The molecule has 3 heterocycles. The summed E-state index contributed by atoms with van der Waals surface area (Å²) in [7, 11) is 0. The Morgan fingerprint density at radius 2 is 2.00 bits per heavy atom. The fraction of sp³-hybridized carbons (Fsp3) is 0.176. The molecule has 4 rings (SSSR count). The summed E-state index contributed by atoms with van der Waals surface area (Å²) < 4.78 is 2.19. The smallest absolute Gasteiger partial charge is 0.321 e. The summed E-state index contributed by atoms with van der Waals surface area (Å²) in [6.45, 7) is 1.57. The summed E-state index contributed by atoms with van der Waals surface area (Å²) in [6.07, 6.45) is 1.75. The molecular weight excluding hydrogens is 388 g/mol. The number of halogens is 1. The summed E-state index contributed by atoms with van der Waals surface area (Å²) in [5, 5.41) is 13.7. The SMILES string of the molecule is O=C(NCc1cn(-c2ccc(N3CCNC3=O)cc2)nn1)c1ccc(Cl)s1. The zero-order valence-electron chi connectivity index (χ0n) is 14.1. The van der Waals surface area contributed by atoms with Gasteiger partial charge >= 0.3 is 6.03 Å². The van der Waals surface area contributed by atoms with E-state index >= 15 is 0 Å². The number of nitrogens with one attached hydrogen (secondary N) is 2. The van der Waals surface area contributed by atoms with Gasteiger partial charge in [0.1, 0.15) is 5.69 Å². The molecule has 3 amide bonds. The van der Waals surface area contributed by atoms with Gasteiger partial charge in [-0.25, -0.2) is 9.48 Å². The van der Waals surface area contributed by atoms with Gasteiger partial charge in [-0.3, -0.25) is 9.69 Å². The first-order valence-corrected chi connectivity index (χ1v) is 9.40. The highest BCUT2D eigenvalue weighted by Crippen LogP contribution is 2.21. The van der Waals surface area contributed by atoms with Gasteiger partial charge in [-0.1, -0.05) is 16.8 Å². The summed E-state index contributed by atoms with van der Waals surface area (Å²) in [6, 6.07) is 10.7. The van der Waals surface area contributed by atoms with E-state index in [2.05, 4.69) is 20.9 Å². The zero-order chi connectivity index (χ0) is 18.8. The predicted octanol–water partition coefficient (Wildman–Crippen LogP) is 2.44. The first kappa shape index (κ1) is 17.5. The van der Waals surface area contributed by atoms with Gasteiger partial charge in [0.2, 0.25) is 0 Å². The van der Waals surface area contributed by atoms with E-state index in [4.69, 9.17) is 11.6 Å². The molecule has 1 aliphatic heterocycles. The molecule has 1 aromatic carbocycles. The molecule has 3 aromatic rings. The fourth-order valence-corrected chi connectivity index (χ4v) is 3.66. The molecule has 0 aliphatic carbocycles. The van der Waals surface area contributed by atoms with Gasteiger partial charge in [0.25, 0.3) is 5.91 Å². The molecule has 27 heavy (non-hydrogen) atoms. The van der Waals surface area contributed by atoms with Crippen LogP contribution in [0.2, 0.25) is 4.34 Å². The lowest BCUT2D eigenvalue weighted by Gasteiger charge is -2.14. The first-order chi connectivity index (χ1) is 13.1. The summed E-state index contributed by atoms with van der Waals surface area (Å²) in [4.78, 5) is 26.0. The molecule has 8 nitrogen and oxygen atoms in total. The Kier molecular flexibility index (Phi) is 4.78. The quantitative estimate of drug-likeness (QED) is 0.685. The lowest BCUT2D eigenvalue weighted by molar-refractivity contribution is 0.0954.